The van der Waals surface area contributed by atoms with Crippen molar-refractivity contribution in [2.75, 3.05) is 12.4 Å². The molecule has 35 heavy (non-hydrogen) atoms. The van der Waals surface area contributed by atoms with E-state index in [9.17, 15) is 9.59 Å². The van der Waals surface area contributed by atoms with Crippen molar-refractivity contribution in [3.05, 3.63) is 76.3 Å². The van der Waals surface area contributed by atoms with E-state index >= 15 is 0 Å². The lowest BCUT2D eigenvalue weighted by Gasteiger charge is -2.08. The first-order chi connectivity index (χ1) is 16.9. The maximum Gasteiger partial charge on any atom is 0.268 e. The molecule has 0 radical (unpaired) electrons. The number of methoxy groups -OCH3 is 1. The molecule has 176 valence electrons. The molecule has 9 nitrogen and oxygen atoms in total. The average molecular weight is 488 g/mol. The molecule has 0 atom stereocenters. The van der Waals surface area contributed by atoms with E-state index < -0.39 is 0 Å². The molecule has 3 heterocycles. The van der Waals surface area contributed by atoms with Crippen molar-refractivity contribution in [2.24, 2.45) is 0 Å². The van der Waals surface area contributed by atoms with Gasteiger partial charge in [-0.15, -0.1) is 11.3 Å². The van der Waals surface area contributed by atoms with Gasteiger partial charge >= 0.3 is 0 Å². The molecule has 0 spiro atoms. The molecule has 1 amide bonds. The number of hydrogen-bond acceptors (Lipinski definition) is 8. The monoisotopic (exact) mass is 487 g/mol. The number of thiophene rings is 1. The second kappa shape index (κ2) is 9.15. The Labute approximate surface area is 204 Å². The van der Waals surface area contributed by atoms with Crippen LogP contribution in [0.15, 0.2) is 64.2 Å². The van der Waals surface area contributed by atoms with Gasteiger partial charge in [0.15, 0.2) is 0 Å². The molecule has 0 unspecified atom stereocenters. The molecule has 5 aromatic rings. The molecule has 0 aliphatic carbocycles. The van der Waals surface area contributed by atoms with Crippen LogP contribution in [0.2, 0.25) is 0 Å². The number of carbonyl (C=O) groups is 1. The number of anilines is 1. The van der Waals surface area contributed by atoms with Gasteiger partial charge in [-0.3, -0.25) is 14.2 Å². The summed E-state index contributed by atoms with van der Waals surface area (Å²) in [4.78, 5) is 36.0. The zero-order valence-electron chi connectivity index (χ0n) is 19.2. The summed E-state index contributed by atoms with van der Waals surface area (Å²) in [5.74, 6) is 1.07. The largest absolute Gasteiger partial charge is 0.497 e. The number of benzene rings is 2. The van der Waals surface area contributed by atoms with E-state index in [-0.39, 0.29) is 18.0 Å². The van der Waals surface area contributed by atoms with E-state index in [1.54, 1.807) is 31.4 Å². The van der Waals surface area contributed by atoms with Gasteiger partial charge in [-0.25, -0.2) is 4.98 Å². The fourth-order valence-corrected chi connectivity index (χ4v) is 4.84. The van der Waals surface area contributed by atoms with Gasteiger partial charge in [0.25, 0.3) is 11.4 Å². The first-order valence-electron chi connectivity index (χ1n) is 10.8. The molecule has 3 aromatic heterocycles. The van der Waals surface area contributed by atoms with Crippen molar-refractivity contribution in [3.63, 3.8) is 0 Å². The number of aromatic nitrogens is 4. The van der Waals surface area contributed by atoms with Crippen LogP contribution in [0, 0.1) is 13.8 Å². The number of carbonyl (C=O) groups excluding carboxylic acids is 1. The van der Waals surface area contributed by atoms with Crippen LogP contribution in [-0.2, 0) is 11.3 Å². The summed E-state index contributed by atoms with van der Waals surface area (Å²) >= 11 is 1.30. The minimum absolute atomic E-state index is 0.179. The van der Waals surface area contributed by atoms with Crippen molar-refractivity contribution >= 4 is 33.1 Å². The highest BCUT2D eigenvalue weighted by atomic mass is 32.1. The summed E-state index contributed by atoms with van der Waals surface area (Å²) in [5.41, 5.74) is 2.86. The zero-order chi connectivity index (χ0) is 24.5. The van der Waals surface area contributed by atoms with Crippen LogP contribution in [-0.4, -0.2) is 32.7 Å². The van der Waals surface area contributed by atoms with Gasteiger partial charge in [0.05, 0.1) is 23.7 Å². The van der Waals surface area contributed by atoms with Gasteiger partial charge in [0.2, 0.25) is 11.7 Å². The van der Waals surface area contributed by atoms with Crippen LogP contribution >= 0.6 is 11.3 Å². The number of fused-ring (bicyclic) bond motifs is 1. The van der Waals surface area contributed by atoms with E-state index in [4.69, 9.17) is 9.26 Å². The Balaban J connectivity index is 1.43. The number of nitrogens with zero attached hydrogens (tertiary/aromatic N) is 4. The number of ether oxygens (including phenoxy) is 1. The van der Waals surface area contributed by atoms with Gasteiger partial charge < -0.3 is 14.6 Å². The SMILES string of the molecule is COc1cccc(NC(=O)Cn2cnc3sc(-c4nc(-c5ccccc5C)no4)c(C)c3c2=O)c1. The summed E-state index contributed by atoms with van der Waals surface area (Å²) in [6, 6.07) is 14.8. The fraction of sp³-hybridized carbons (Fsp3) is 0.160. The van der Waals surface area contributed by atoms with E-state index in [2.05, 4.69) is 20.4 Å². The standard InChI is InChI=1S/C25H21N5O4S/c1-14-7-4-5-10-18(14)22-28-23(34-29-22)21-15(2)20-24(35-21)26-13-30(25(20)32)12-19(31)27-16-8-6-9-17(11-16)33-3/h4-11,13H,12H2,1-3H3,(H,27,31). The van der Waals surface area contributed by atoms with Gasteiger partial charge in [0, 0.05) is 17.3 Å². The summed E-state index contributed by atoms with van der Waals surface area (Å²) in [6.07, 6.45) is 1.38. The van der Waals surface area contributed by atoms with E-state index in [0.29, 0.717) is 43.8 Å². The molecule has 5 rings (SSSR count). The van der Waals surface area contributed by atoms with Crippen LogP contribution in [0.1, 0.15) is 11.1 Å². The third-order valence-electron chi connectivity index (χ3n) is 5.59. The summed E-state index contributed by atoms with van der Waals surface area (Å²) in [7, 11) is 1.55. The van der Waals surface area contributed by atoms with E-state index in [1.165, 1.54) is 22.2 Å². The summed E-state index contributed by atoms with van der Waals surface area (Å²) in [5, 5.41) is 7.32. The lowest BCUT2D eigenvalue weighted by atomic mass is 10.1. The second-order valence-corrected chi connectivity index (χ2v) is 8.93. The second-order valence-electron chi connectivity index (χ2n) is 7.93. The Morgan fingerprint density at radius 1 is 1.17 bits per heavy atom. The number of amides is 1. The molecule has 0 saturated heterocycles. The molecular weight excluding hydrogens is 466 g/mol. The molecule has 0 bridgehead atoms. The Morgan fingerprint density at radius 2 is 2.00 bits per heavy atom. The predicted molar refractivity (Wildman–Crippen MR) is 134 cm³/mol. The van der Waals surface area contributed by atoms with E-state index in [0.717, 1.165) is 11.1 Å². The lowest BCUT2D eigenvalue weighted by molar-refractivity contribution is -0.116. The minimum Gasteiger partial charge on any atom is -0.497 e. The van der Waals surface area contributed by atoms with Crippen LogP contribution in [0.5, 0.6) is 5.75 Å². The van der Waals surface area contributed by atoms with Crippen molar-refractivity contribution in [3.8, 4) is 27.9 Å². The Morgan fingerprint density at radius 3 is 2.80 bits per heavy atom. The van der Waals surface area contributed by atoms with Crippen LogP contribution in [0.25, 0.3) is 32.4 Å². The van der Waals surface area contributed by atoms with Crippen molar-refractivity contribution in [1.82, 2.24) is 19.7 Å². The first kappa shape index (κ1) is 22.5. The maximum absolute atomic E-state index is 13.2. The quantitative estimate of drug-likeness (QED) is 0.377. The third kappa shape index (κ3) is 4.31. The van der Waals surface area contributed by atoms with Gasteiger partial charge in [-0.1, -0.05) is 35.5 Å². The normalized spacial score (nSPS) is 11.1. The van der Waals surface area contributed by atoms with Crippen LogP contribution in [0.4, 0.5) is 5.69 Å². The third-order valence-corrected chi connectivity index (χ3v) is 6.78. The lowest BCUT2D eigenvalue weighted by Crippen LogP contribution is -2.27. The van der Waals surface area contributed by atoms with Gasteiger partial charge in [-0.05, 0) is 37.1 Å². The number of hydrogen-bond donors (Lipinski definition) is 1. The Kier molecular flexibility index (Phi) is 5.87. The Hall–Kier alpha value is -4.31. The molecule has 2 aromatic carbocycles. The minimum atomic E-state index is -0.352. The Bertz CT molecular complexity index is 1620. The van der Waals surface area contributed by atoms with Gasteiger partial charge in [-0.2, -0.15) is 4.98 Å². The van der Waals surface area contributed by atoms with Crippen molar-refractivity contribution in [2.45, 2.75) is 20.4 Å². The summed E-state index contributed by atoms with van der Waals surface area (Å²) < 4.78 is 12.0. The number of rotatable bonds is 6. The molecule has 1 N–H and O–H groups in total. The maximum atomic E-state index is 13.2. The van der Waals surface area contributed by atoms with Gasteiger partial charge in [0.1, 0.15) is 17.1 Å². The van der Waals surface area contributed by atoms with Crippen molar-refractivity contribution in [1.29, 1.82) is 0 Å². The molecule has 0 aliphatic rings. The average Bonchev–Trinajstić information content (AvgIpc) is 3.46. The first-order valence-corrected chi connectivity index (χ1v) is 11.6. The van der Waals surface area contributed by atoms with E-state index in [1.807, 2.05) is 38.1 Å². The molecule has 0 fully saturated rings. The highest BCUT2D eigenvalue weighted by molar-refractivity contribution is 7.22. The number of aryl methyl sites for hydroxylation is 2. The van der Waals surface area contributed by atoms with Crippen LogP contribution < -0.4 is 15.6 Å². The predicted octanol–water partition coefficient (Wildman–Crippen LogP) is 4.44. The highest BCUT2D eigenvalue weighted by Crippen LogP contribution is 2.35. The fourth-order valence-electron chi connectivity index (χ4n) is 3.78. The highest BCUT2D eigenvalue weighted by Gasteiger charge is 2.21. The van der Waals surface area contributed by atoms with Crippen molar-refractivity contribution < 1.29 is 14.1 Å². The molecule has 10 heteroatoms. The topological polar surface area (TPSA) is 112 Å². The smallest absolute Gasteiger partial charge is 0.268 e. The van der Waals surface area contributed by atoms with Crippen LogP contribution in [0.3, 0.4) is 0 Å². The number of nitrogens with one attached hydrogen (secondary N) is 1. The molecular formula is C25H21N5O4S. The zero-order valence-corrected chi connectivity index (χ0v) is 20.0. The molecule has 0 saturated carbocycles. The molecule has 0 aliphatic heterocycles. The summed E-state index contributed by atoms with van der Waals surface area (Å²) in [6.45, 7) is 3.62.